The Morgan fingerprint density at radius 1 is 1.00 bits per heavy atom. The van der Waals surface area contributed by atoms with E-state index >= 15 is 0 Å². The van der Waals surface area contributed by atoms with E-state index in [9.17, 15) is 4.79 Å². The summed E-state index contributed by atoms with van der Waals surface area (Å²) in [6.07, 6.45) is 3.71. The number of methoxy groups -OCH3 is 1. The lowest BCUT2D eigenvalue weighted by Gasteiger charge is -2.21. The van der Waals surface area contributed by atoms with E-state index in [1.165, 1.54) is 24.3 Å². The van der Waals surface area contributed by atoms with E-state index in [1.807, 2.05) is 31.2 Å². The standard InChI is InChI=1S/C16H17NO4.C3H6/c1-3-17(13-8-7-11-15(12-13)19-2)21-16(18)20-14-9-5-4-6-10-14;1-2-3-1/h4-12H,3H2,1-2H3;1-3H2. The number of benzene rings is 2. The molecule has 0 heterocycles. The average Bonchev–Trinajstić information content (AvgIpc) is 3.49. The summed E-state index contributed by atoms with van der Waals surface area (Å²) in [5.74, 6) is 1.12. The molecule has 1 saturated carbocycles. The molecule has 1 fully saturated rings. The Morgan fingerprint density at radius 3 is 2.25 bits per heavy atom. The van der Waals surface area contributed by atoms with E-state index in [0.29, 0.717) is 23.7 Å². The monoisotopic (exact) mass is 329 g/mol. The van der Waals surface area contributed by atoms with Crippen molar-refractivity contribution in [2.75, 3.05) is 18.7 Å². The van der Waals surface area contributed by atoms with Gasteiger partial charge in [-0.2, -0.15) is 0 Å². The third-order valence-electron chi connectivity index (χ3n) is 3.11. The molecule has 128 valence electrons. The van der Waals surface area contributed by atoms with E-state index in [1.54, 1.807) is 37.4 Å². The van der Waals surface area contributed by atoms with E-state index in [0.717, 1.165) is 0 Å². The number of para-hydroxylation sites is 1. The zero-order valence-corrected chi connectivity index (χ0v) is 14.1. The van der Waals surface area contributed by atoms with Gasteiger partial charge < -0.3 is 14.3 Å². The molecule has 5 nitrogen and oxygen atoms in total. The van der Waals surface area contributed by atoms with Gasteiger partial charge in [-0.1, -0.05) is 43.5 Å². The second-order valence-electron chi connectivity index (χ2n) is 5.21. The van der Waals surface area contributed by atoms with E-state index in [2.05, 4.69) is 0 Å². The predicted molar refractivity (Wildman–Crippen MR) is 93.4 cm³/mol. The number of hydrogen-bond donors (Lipinski definition) is 0. The molecule has 0 amide bonds. The number of hydroxylamine groups is 1. The maximum Gasteiger partial charge on any atom is 0.539 e. The molecule has 0 bridgehead atoms. The molecule has 0 N–H and O–H groups in total. The summed E-state index contributed by atoms with van der Waals surface area (Å²) in [6.45, 7) is 2.35. The minimum absolute atomic E-state index is 0.434. The minimum atomic E-state index is -0.786. The fourth-order valence-electron chi connectivity index (χ4n) is 1.76. The van der Waals surface area contributed by atoms with Gasteiger partial charge in [0.05, 0.1) is 19.3 Å². The summed E-state index contributed by atoms with van der Waals surface area (Å²) >= 11 is 0. The second-order valence-corrected chi connectivity index (χ2v) is 5.21. The Morgan fingerprint density at radius 2 is 1.67 bits per heavy atom. The molecule has 5 heteroatoms. The average molecular weight is 329 g/mol. The molecule has 3 rings (SSSR count). The van der Waals surface area contributed by atoms with Crippen LogP contribution in [0.3, 0.4) is 0 Å². The van der Waals surface area contributed by atoms with Crippen molar-refractivity contribution in [1.82, 2.24) is 0 Å². The predicted octanol–water partition coefficient (Wildman–Crippen LogP) is 4.82. The van der Waals surface area contributed by atoms with Crippen molar-refractivity contribution in [3.05, 3.63) is 54.6 Å². The first-order valence-electron chi connectivity index (χ1n) is 8.09. The molecule has 0 aliphatic heterocycles. The van der Waals surface area contributed by atoms with Crippen LogP contribution in [-0.2, 0) is 4.84 Å². The van der Waals surface area contributed by atoms with Crippen LogP contribution in [0.5, 0.6) is 11.5 Å². The molecule has 0 aromatic heterocycles. The van der Waals surface area contributed by atoms with Crippen LogP contribution < -0.4 is 14.5 Å². The summed E-state index contributed by atoms with van der Waals surface area (Å²) in [6, 6.07) is 16.0. The fourth-order valence-corrected chi connectivity index (χ4v) is 1.76. The summed E-state index contributed by atoms with van der Waals surface area (Å²) < 4.78 is 10.2. The van der Waals surface area contributed by atoms with Gasteiger partial charge in [-0.15, -0.1) is 0 Å². The van der Waals surface area contributed by atoms with Gasteiger partial charge in [0.1, 0.15) is 11.5 Å². The number of hydrogen-bond acceptors (Lipinski definition) is 5. The number of ether oxygens (including phenoxy) is 2. The highest BCUT2D eigenvalue weighted by Crippen LogP contribution is 2.21. The largest absolute Gasteiger partial charge is 0.539 e. The molecule has 0 spiro atoms. The van der Waals surface area contributed by atoms with Crippen LogP contribution in [0, 0.1) is 0 Å². The third-order valence-corrected chi connectivity index (χ3v) is 3.11. The molecule has 0 unspecified atom stereocenters. The van der Waals surface area contributed by atoms with E-state index < -0.39 is 6.16 Å². The Hall–Kier alpha value is -2.69. The first kappa shape index (κ1) is 17.7. The molecule has 0 radical (unpaired) electrons. The second kappa shape index (κ2) is 9.45. The zero-order chi connectivity index (χ0) is 17.2. The Balaban J connectivity index is 0.000000623. The van der Waals surface area contributed by atoms with E-state index in [4.69, 9.17) is 14.3 Å². The maximum atomic E-state index is 11.8. The van der Waals surface area contributed by atoms with Crippen LogP contribution in [0.2, 0.25) is 0 Å². The van der Waals surface area contributed by atoms with Gasteiger partial charge in [-0.05, 0) is 31.2 Å². The number of carbonyl (C=O) groups excluding carboxylic acids is 1. The molecule has 2 aromatic rings. The highest BCUT2D eigenvalue weighted by Gasteiger charge is 2.14. The third kappa shape index (κ3) is 6.20. The van der Waals surface area contributed by atoms with Gasteiger partial charge in [0.25, 0.3) is 0 Å². The Kier molecular flexibility index (Phi) is 6.95. The molecule has 2 aromatic carbocycles. The summed E-state index contributed by atoms with van der Waals surface area (Å²) in [4.78, 5) is 17.0. The summed E-state index contributed by atoms with van der Waals surface area (Å²) in [5.41, 5.74) is 0.710. The number of rotatable bonds is 5. The molecule has 24 heavy (non-hydrogen) atoms. The van der Waals surface area contributed by atoms with Crippen LogP contribution in [0.15, 0.2) is 54.6 Å². The van der Waals surface area contributed by atoms with Gasteiger partial charge in [0, 0.05) is 6.07 Å². The van der Waals surface area contributed by atoms with Crippen molar-refractivity contribution in [3.8, 4) is 11.5 Å². The maximum absolute atomic E-state index is 11.8. The smallest absolute Gasteiger partial charge is 0.497 e. The number of nitrogens with zero attached hydrogens (tertiary/aromatic N) is 1. The van der Waals surface area contributed by atoms with E-state index in [-0.39, 0.29) is 0 Å². The quantitative estimate of drug-likeness (QED) is 0.447. The van der Waals surface area contributed by atoms with Gasteiger partial charge >= 0.3 is 6.16 Å². The van der Waals surface area contributed by atoms with Crippen molar-refractivity contribution < 1.29 is 19.1 Å². The van der Waals surface area contributed by atoms with Crippen molar-refractivity contribution in [1.29, 1.82) is 0 Å². The van der Waals surface area contributed by atoms with Crippen LogP contribution in [0.25, 0.3) is 0 Å². The van der Waals surface area contributed by atoms with Gasteiger partial charge in [-0.25, -0.2) is 9.86 Å². The van der Waals surface area contributed by atoms with Gasteiger partial charge in [0.15, 0.2) is 0 Å². The van der Waals surface area contributed by atoms with Crippen molar-refractivity contribution in [2.24, 2.45) is 0 Å². The Labute approximate surface area is 142 Å². The van der Waals surface area contributed by atoms with Gasteiger partial charge in [-0.3, -0.25) is 0 Å². The fraction of sp³-hybridized carbons (Fsp3) is 0.316. The molecular formula is C19H23NO4. The zero-order valence-electron chi connectivity index (χ0n) is 14.1. The molecule has 0 saturated heterocycles. The normalized spacial score (nSPS) is 11.6. The summed E-state index contributed by atoms with van der Waals surface area (Å²) in [7, 11) is 1.58. The van der Waals surface area contributed by atoms with Crippen molar-refractivity contribution in [3.63, 3.8) is 0 Å². The number of anilines is 1. The molecule has 1 aliphatic rings. The molecule has 0 atom stereocenters. The highest BCUT2D eigenvalue weighted by atomic mass is 16.8. The van der Waals surface area contributed by atoms with Crippen molar-refractivity contribution in [2.45, 2.75) is 26.2 Å². The lowest BCUT2D eigenvalue weighted by Crippen LogP contribution is -2.28. The Bertz CT molecular complexity index is 626. The van der Waals surface area contributed by atoms with Crippen molar-refractivity contribution >= 4 is 11.8 Å². The SMILES string of the molecule is C1CC1.CCN(OC(=O)Oc1ccccc1)c1cccc(OC)c1. The van der Waals surface area contributed by atoms with Crippen LogP contribution in [0.4, 0.5) is 10.5 Å². The first-order chi connectivity index (χ1) is 11.7. The van der Waals surface area contributed by atoms with Crippen LogP contribution in [-0.4, -0.2) is 19.8 Å². The summed E-state index contributed by atoms with van der Waals surface area (Å²) in [5, 5.41) is 1.44. The van der Waals surface area contributed by atoms with Crippen LogP contribution >= 0.6 is 0 Å². The first-order valence-corrected chi connectivity index (χ1v) is 8.09. The lowest BCUT2D eigenvalue weighted by atomic mass is 10.3. The number of carbonyl (C=O) groups is 1. The molecule has 1 aliphatic carbocycles. The highest BCUT2D eigenvalue weighted by molar-refractivity contribution is 5.66. The lowest BCUT2D eigenvalue weighted by molar-refractivity contribution is 0.0885. The van der Waals surface area contributed by atoms with Crippen LogP contribution in [0.1, 0.15) is 26.2 Å². The molecular weight excluding hydrogens is 306 g/mol. The van der Waals surface area contributed by atoms with Gasteiger partial charge in [0.2, 0.25) is 0 Å². The topological polar surface area (TPSA) is 48.0 Å². The minimum Gasteiger partial charge on any atom is -0.497 e.